The Balaban J connectivity index is 3.53. The molecule has 0 aromatic heterocycles. The first-order chi connectivity index (χ1) is 4.72. The van der Waals surface area contributed by atoms with Gasteiger partial charge in [-0.25, -0.2) is 0 Å². The van der Waals surface area contributed by atoms with Crippen LogP contribution in [0.4, 0.5) is 0 Å². The van der Waals surface area contributed by atoms with Gasteiger partial charge in [-0.1, -0.05) is 0 Å². The van der Waals surface area contributed by atoms with E-state index in [9.17, 15) is 0 Å². The Morgan fingerprint density at radius 1 is 1.60 bits per heavy atom. The van der Waals surface area contributed by atoms with Crippen molar-refractivity contribution < 1.29 is 0 Å². The molecule has 0 radical (unpaired) electrons. The number of nitrogens with zero attached hydrogens (tertiary/aromatic N) is 2. The second kappa shape index (κ2) is 5.57. The molecule has 0 aliphatic heterocycles. The minimum Gasteiger partial charge on any atom is -0.294 e. The van der Waals surface area contributed by atoms with E-state index in [1.54, 1.807) is 11.8 Å². The Morgan fingerprint density at radius 3 is 2.50 bits per heavy atom. The lowest BCUT2D eigenvalue weighted by molar-refractivity contribution is 0.344. The fraction of sp³-hybridized carbons (Fsp3) is 0.857. The summed E-state index contributed by atoms with van der Waals surface area (Å²) in [7, 11) is 3.88. The molecule has 2 nitrogen and oxygen atoms in total. The van der Waals surface area contributed by atoms with Crippen molar-refractivity contribution in [3.63, 3.8) is 0 Å². The summed E-state index contributed by atoms with van der Waals surface area (Å²) in [6, 6.07) is 2.34. The molecule has 0 saturated carbocycles. The zero-order valence-electron chi connectivity index (χ0n) is 6.79. The minimum atomic E-state index is 0.0902. The number of nitriles is 1. The molecule has 0 aromatic carbocycles. The largest absolute Gasteiger partial charge is 0.294 e. The van der Waals surface area contributed by atoms with Gasteiger partial charge in [0.1, 0.15) is 0 Å². The standard InChI is InChI=1S/C7H14N2S/c1-9(2)7(6-8)4-5-10-3/h7H,4-5H2,1-3H3. The molecule has 0 amide bonds. The van der Waals surface area contributed by atoms with Crippen molar-refractivity contribution >= 4 is 11.8 Å². The van der Waals surface area contributed by atoms with Crippen molar-refractivity contribution in [1.29, 1.82) is 5.26 Å². The monoisotopic (exact) mass is 158 g/mol. The normalized spacial score (nSPS) is 13.1. The molecule has 0 heterocycles. The van der Waals surface area contributed by atoms with Crippen LogP contribution in [-0.4, -0.2) is 37.0 Å². The average molecular weight is 158 g/mol. The van der Waals surface area contributed by atoms with Gasteiger partial charge in [-0.3, -0.25) is 4.90 Å². The third-order valence-corrected chi connectivity index (χ3v) is 2.01. The molecule has 1 unspecified atom stereocenters. The maximum absolute atomic E-state index is 8.62. The Labute approximate surface area is 67.2 Å². The van der Waals surface area contributed by atoms with Gasteiger partial charge < -0.3 is 0 Å². The lowest BCUT2D eigenvalue weighted by atomic mass is 10.2. The Hall–Kier alpha value is -0.200. The zero-order chi connectivity index (χ0) is 7.98. The summed E-state index contributed by atoms with van der Waals surface area (Å²) in [5, 5.41) is 8.62. The summed E-state index contributed by atoms with van der Waals surface area (Å²) in [6.07, 6.45) is 3.02. The molecule has 58 valence electrons. The van der Waals surface area contributed by atoms with Gasteiger partial charge in [0.2, 0.25) is 0 Å². The number of rotatable bonds is 4. The van der Waals surface area contributed by atoms with E-state index >= 15 is 0 Å². The molecule has 0 saturated heterocycles. The van der Waals surface area contributed by atoms with Gasteiger partial charge in [-0.2, -0.15) is 17.0 Å². The third kappa shape index (κ3) is 3.76. The zero-order valence-corrected chi connectivity index (χ0v) is 7.61. The van der Waals surface area contributed by atoms with Crippen LogP contribution in [-0.2, 0) is 0 Å². The third-order valence-electron chi connectivity index (χ3n) is 1.37. The van der Waals surface area contributed by atoms with Crippen molar-refractivity contribution in [1.82, 2.24) is 4.90 Å². The lowest BCUT2D eigenvalue weighted by Gasteiger charge is -2.15. The molecule has 0 rings (SSSR count). The molecule has 0 aliphatic rings. The smallest absolute Gasteiger partial charge is 0.0980 e. The molecule has 0 aromatic rings. The van der Waals surface area contributed by atoms with Crippen LogP contribution >= 0.6 is 11.8 Å². The second-order valence-electron chi connectivity index (χ2n) is 2.39. The predicted molar refractivity (Wildman–Crippen MR) is 46.1 cm³/mol. The van der Waals surface area contributed by atoms with Crippen LogP contribution in [0.25, 0.3) is 0 Å². The lowest BCUT2D eigenvalue weighted by Crippen LogP contribution is -2.26. The van der Waals surface area contributed by atoms with Crippen LogP contribution in [0.15, 0.2) is 0 Å². The highest BCUT2D eigenvalue weighted by molar-refractivity contribution is 7.98. The van der Waals surface area contributed by atoms with E-state index in [-0.39, 0.29) is 6.04 Å². The first-order valence-electron chi connectivity index (χ1n) is 3.27. The van der Waals surface area contributed by atoms with E-state index in [1.165, 1.54) is 0 Å². The number of hydrogen-bond donors (Lipinski definition) is 0. The van der Waals surface area contributed by atoms with Crippen molar-refractivity contribution in [2.45, 2.75) is 12.5 Å². The fourth-order valence-electron chi connectivity index (χ4n) is 0.668. The predicted octanol–water partition coefficient (Wildman–Crippen LogP) is 1.19. The van der Waals surface area contributed by atoms with Crippen LogP contribution in [0.3, 0.4) is 0 Å². The fourth-order valence-corrected chi connectivity index (χ4v) is 1.13. The van der Waals surface area contributed by atoms with Crippen LogP contribution in [0, 0.1) is 11.3 Å². The Bertz CT molecular complexity index is 117. The van der Waals surface area contributed by atoms with Crippen LogP contribution in [0.2, 0.25) is 0 Å². The molecule has 1 atom stereocenters. The van der Waals surface area contributed by atoms with Gasteiger partial charge in [0.25, 0.3) is 0 Å². The number of thioether (sulfide) groups is 1. The molecule has 0 spiro atoms. The van der Waals surface area contributed by atoms with Crippen molar-refractivity contribution in [3.8, 4) is 6.07 Å². The van der Waals surface area contributed by atoms with E-state index in [0.29, 0.717) is 0 Å². The highest BCUT2D eigenvalue weighted by atomic mass is 32.2. The second-order valence-corrected chi connectivity index (χ2v) is 3.38. The van der Waals surface area contributed by atoms with Gasteiger partial charge in [-0.15, -0.1) is 0 Å². The molecule has 0 aliphatic carbocycles. The number of hydrogen-bond acceptors (Lipinski definition) is 3. The SMILES string of the molecule is CSCCC(C#N)N(C)C. The molecule has 10 heavy (non-hydrogen) atoms. The van der Waals surface area contributed by atoms with Gasteiger partial charge >= 0.3 is 0 Å². The Kier molecular flexibility index (Phi) is 5.46. The van der Waals surface area contributed by atoms with Gasteiger partial charge in [0.05, 0.1) is 12.1 Å². The first kappa shape index (κ1) is 9.80. The van der Waals surface area contributed by atoms with Gasteiger partial charge in [0.15, 0.2) is 0 Å². The summed E-state index contributed by atoms with van der Waals surface area (Å²) in [4.78, 5) is 1.95. The molecule has 0 fully saturated rings. The van der Waals surface area contributed by atoms with Gasteiger partial charge in [0, 0.05) is 0 Å². The molecular weight excluding hydrogens is 144 g/mol. The summed E-state index contributed by atoms with van der Waals surface area (Å²) in [5.74, 6) is 1.07. The van der Waals surface area contributed by atoms with Gasteiger partial charge in [-0.05, 0) is 32.5 Å². The topological polar surface area (TPSA) is 27.0 Å². The summed E-state index contributed by atoms with van der Waals surface area (Å²) in [6.45, 7) is 0. The van der Waals surface area contributed by atoms with E-state index in [1.807, 2.05) is 19.0 Å². The summed E-state index contributed by atoms with van der Waals surface area (Å²) < 4.78 is 0. The molecule has 0 N–H and O–H groups in total. The first-order valence-corrected chi connectivity index (χ1v) is 4.66. The molecular formula is C7H14N2S. The van der Waals surface area contributed by atoms with Crippen LogP contribution in [0.5, 0.6) is 0 Å². The maximum Gasteiger partial charge on any atom is 0.0980 e. The van der Waals surface area contributed by atoms with E-state index in [4.69, 9.17) is 5.26 Å². The molecule has 0 bridgehead atoms. The van der Waals surface area contributed by atoms with Crippen LogP contribution in [0.1, 0.15) is 6.42 Å². The Morgan fingerprint density at radius 2 is 2.20 bits per heavy atom. The summed E-state index contributed by atoms with van der Waals surface area (Å²) >= 11 is 1.78. The summed E-state index contributed by atoms with van der Waals surface area (Å²) in [5.41, 5.74) is 0. The van der Waals surface area contributed by atoms with Crippen molar-refractivity contribution in [2.75, 3.05) is 26.1 Å². The minimum absolute atomic E-state index is 0.0902. The average Bonchev–Trinajstić information content (AvgIpc) is 1.89. The van der Waals surface area contributed by atoms with E-state index < -0.39 is 0 Å². The van der Waals surface area contributed by atoms with Crippen LogP contribution < -0.4 is 0 Å². The highest BCUT2D eigenvalue weighted by Crippen LogP contribution is 2.03. The van der Waals surface area contributed by atoms with E-state index in [0.717, 1.165) is 12.2 Å². The van der Waals surface area contributed by atoms with E-state index in [2.05, 4.69) is 12.3 Å². The maximum atomic E-state index is 8.62. The van der Waals surface area contributed by atoms with Crippen molar-refractivity contribution in [2.24, 2.45) is 0 Å². The highest BCUT2D eigenvalue weighted by Gasteiger charge is 2.07. The molecule has 3 heteroatoms. The van der Waals surface area contributed by atoms with Crippen molar-refractivity contribution in [3.05, 3.63) is 0 Å². The quantitative estimate of drug-likeness (QED) is 0.615.